The van der Waals surface area contributed by atoms with Gasteiger partial charge in [-0.25, -0.2) is 9.97 Å². The molecule has 1 aliphatic carbocycles. The summed E-state index contributed by atoms with van der Waals surface area (Å²) in [6, 6.07) is 10.5. The Kier molecular flexibility index (Phi) is 4.02. The van der Waals surface area contributed by atoms with Crippen molar-refractivity contribution in [2.75, 3.05) is 18.0 Å². The summed E-state index contributed by atoms with van der Waals surface area (Å²) in [5, 5.41) is 13.9. The van der Waals surface area contributed by atoms with E-state index in [0.717, 1.165) is 36.8 Å². The Morgan fingerprint density at radius 3 is 2.65 bits per heavy atom. The first kappa shape index (κ1) is 16.0. The predicted molar refractivity (Wildman–Crippen MR) is 103 cm³/mol. The smallest absolute Gasteiger partial charge is 0.185 e. The van der Waals surface area contributed by atoms with Gasteiger partial charge in [0.25, 0.3) is 0 Å². The van der Waals surface area contributed by atoms with Crippen molar-refractivity contribution in [3.05, 3.63) is 54.4 Å². The van der Waals surface area contributed by atoms with Crippen LogP contribution in [0.1, 0.15) is 18.9 Å². The minimum Gasteiger partial charge on any atom is -0.391 e. The number of hydrogen-bond donors (Lipinski definition) is 1. The van der Waals surface area contributed by atoms with Gasteiger partial charge in [0.15, 0.2) is 5.13 Å². The lowest BCUT2D eigenvalue weighted by Crippen LogP contribution is -2.35. The average Bonchev–Trinajstić information content (AvgIpc) is 3.41. The first-order valence-electron chi connectivity index (χ1n) is 9.19. The summed E-state index contributed by atoms with van der Waals surface area (Å²) in [5.74, 6) is 1.16. The monoisotopic (exact) mass is 366 g/mol. The molecule has 0 amide bonds. The highest BCUT2D eigenvalue weighted by Crippen LogP contribution is 2.43. The predicted octanol–water partition coefficient (Wildman–Crippen LogP) is 3.46. The number of aliphatic hydroxyl groups is 1. The molecular weight excluding hydrogens is 344 g/mol. The topological polar surface area (TPSA) is 54.2 Å². The van der Waals surface area contributed by atoms with E-state index in [0.29, 0.717) is 11.8 Å². The number of aromatic nitrogens is 3. The van der Waals surface area contributed by atoms with Gasteiger partial charge in [-0.3, -0.25) is 0 Å². The molecule has 1 aliphatic heterocycles. The number of aliphatic hydroxyl groups excluding tert-OH is 1. The molecular formula is C20H22N4OS. The molecule has 3 heterocycles. The molecule has 1 saturated carbocycles. The van der Waals surface area contributed by atoms with Gasteiger partial charge in [-0.15, -0.1) is 11.3 Å². The Balaban J connectivity index is 1.32. The summed E-state index contributed by atoms with van der Waals surface area (Å²) in [5.41, 5.74) is 2.22. The van der Waals surface area contributed by atoms with E-state index < -0.39 is 0 Å². The zero-order chi connectivity index (χ0) is 17.5. The van der Waals surface area contributed by atoms with Crippen LogP contribution in [0.2, 0.25) is 0 Å². The average molecular weight is 366 g/mol. The van der Waals surface area contributed by atoms with Crippen LogP contribution in [-0.4, -0.2) is 38.8 Å². The maximum Gasteiger partial charge on any atom is 0.185 e. The summed E-state index contributed by atoms with van der Waals surface area (Å²) in [6.07, 6.45) is 7.17. The molecule has 6 heteroatoms. The molecule has 0 bridgehead atoms. The Morgan fingerprint density at radius 2 is 1.88 bits per heavy atom. The minimum absolute atomic E-state index is 0.148. The molecule has 0 spiro atoms. The first-order valence-corrected chi connectivity index (χ1v) is 10.1. The third-order valence-corrected chi connectivity index (χ3v) is 6.75. The van der Waals surface area contributed by atoms with Crippen LogP contribution in [0, 0.1) is 11.8 Å². The van der Waals surface area contributed by atoms with E-state index in [1.807, 2.05) is 18.6 Å². The quantitative estimate of drug-likeness (QED) is 0.771. The fourth-order valence-electron chi connectivity index (χ4n) is 4.50. The fourth-order valence-corrected chi connectivity index (χ4v) is 5.36. The van der Waals surface area contributed by atoms with Crippen molar-refractivity contribution in [3.8, 4) is 11.3 Å². The van der Waals surface area contributed by atoms with Gasteiger partial charge >= 0.3 is 0 Å². The van der Waals surface area contributed by atoms with Crippen molar-refractivity contribution in [1.82, 2.24) is 14.5 Å². The Labute approximate surface area is 157 Å². The third kappa shape index (κ3) is 2.83. The first-order chi connectivity index (χ1) is 12.8. The lowest BCUT2D eigenvalue weighted by Gasteiger charge is -2.35. The number of anilines is 1. The SMILES string of the molecule is O[C@@H]1C[C@H]2CN(c3nc(-c4ccccc4)cs3)C[C@H]2C[C@H]1n1ccnc1. The molecule has 2 aliphatic rings. The second-order valence-electron chi connectivity index (χ2n) is 7.42. The van der Waals surface area contributed by atoms with E-state index in [1.54, 1.807) is 17.5 Å². The summed E-state index contributed by atoms with van der Waals surface area (Å²) in [7, 11) is 0. The number of imidazole rings is 1. The van der Waals surface area contributed by atoms with Crippen molar-refractivity contribution in [1.29, 1.82) is 0 Å². The molecule has 1 aromatic carbocycles. The normalized spacial score (nSPS) is 28.3. The van der Waals surface area contributed by atoms with Crippen molar-refractivity contribution < 1.29 is 5.11 Å². The van der Waals surface area contributed by atoms with Crippen LogP contribution in [0.5, 0.6) is 0 Å². The minimum atomic E-state index is -0.290. The summed E-state index contributed by atoms with van der Waals surface area (Å²) >= 11 is 1.72. The molecule has 134 valence electrons. The molecule has 4 atom stereocenters. The highest BCUT2D eigenvalue weighted by Gasteiger charge is 2.42. The van der Waals surface area contributed by atoms with E-state index in [-0.39, 0.29) is 12.1 Å². The Morgan fingerprint density at radius 1 is 1.08 bits per heavy atom. The molecule has 5 rings (SSSR count). The zero-order valence-electron chi connectivity index (χ0n) is 14.5. The zero-order valence-corrected chi connectivity index (χ0v) is 15.3. The van der Waals surface area contributed by atoms with E-state index >= 15 is 0 Å². The van der Waals surface area contributed by atoms with Crippen LogP contribution in [0.25, 0.3) is 11.3 Å². The highest BCUT2D eigenvalue weighted by molar-refractivity contribution is 7.14. The summed E-state index contributed by atoms with van der Waals surface area (Å²) in [6.45, 7) is 2.03. The van der Waals surface area contributed by atoms with Crippen molar-refractivity contribution >= 4 is 16.5 Å². The van der Waals surface area contributed by atoms with E-state index in [9.17, 15) is 5.11 Å². The van der Waals surface area contributed by atoms with Gasteiger partial charge < -0.3 is 14.6 Å². The van der Waals surface area contributed by atoms with Gasteiger partial charge in [0.2, 0.25) is 0 Å². The van der Waals surface area contributed by atoms with Crippen LogP contribution >= 0.6 is 11.3 Å². The van der Waals surface area contributed by atoms with Crippen molar-refractivity contribution in [3.63, 3.8) is 0 Å². The van der Waals surface area contributed by atoms with Crippen molar-refractivity contribution in [2.24, 2.45) is 11.8 Å². The number of benzene rings is 1. The third-order valence-electron chi connectivity index (χ3n) is 5.85. The van der Waals surface area contributed by atoms with Gasteiger partial charge in [-0.1, -0.05) is 30.3 Å². The van der Waals surface area contributed by atoms with Gasteiger partial charge in [-0.05, 0) is 24.7 Å². The molecule has 1 N–H and O–H groups in total. The highest BCUT2D eigenvalue weighted by atomic mass is 32.1. The van der Waals surface area contributed by atoms with E-state index in [2.05, 4.69) is 44.1 Å². The lowest BCUT2D eigenvalue weighted by atomic mass is 9.77. The van der Waals surface area contributed by atoms with E-state index in [4.69, 9.17) is 4.98 Å². The van der Waals surface area contributed by atoms with Gasteiger partial charge in [0, 0.05) is 36.4 Å². The molecule has 0 unspecified atom stereocenters. The van der Waals surface area contributed by atoms with Crippen LogP contribution in [0.3, 0.4) is 0 Å². The van der Waals surface area contributed by atoms with Gasteiger partial charge in [-0.2, -0.15) is 0 Å². The standard InChI is InChI=1S/C20H22N4OS/c25-19-9-16-11-24(10-15(16)8-18(19)23-7-6-21-13-23)20-22-17(12-26-20)14-4-2-1-3-5-14/h1-7,12-13,15-16,18-19,25H,8-11H2/t15-,16+,18-,19-/m1/s1. The molecule has 2 fully saturated rings. The van der Waals surface area contributed by atoms with Crippen LogP contribution in [-0.2, 0) is 0 Å². The molecule has 5 nitrogen and oxygen atoms in total. The maximum atomic E-state index is 10.6. The maximum absolute atomic E-state index is 10.6. The number of thiazole rings is 1. The molecule has 0 radical (unpaired) electrons. The van der Waals surface area contributed by atoms with Crippen LogP contribution in [0.4, 0.5) is 5.13 Å². The molecule has 3 aromatic rings. The fraction of sp³-hybridized carbons (Fsp3) is 0.400. The largest absolute Gasteiger partial charge is 0.391 e. The van der Waals surface area contributed by atoms with E-state index in [1.165, 1.54) is 5.56 Å². The van der Waals surface area contributed by atoms with Crippen LogP contribution in [0.15, 0.2) is 54.4 Å². The van der Waals surface area contributed by atoms with Crippen molar-refractivity contribution in [2.45, 2.75) is 25.0 Å². The lowest BCUT2D eigenvalue weighted by molar-refractivity contribution is 0.0358. The molecule has 26 heavy (non-hydrogen) atoms. The molecule has 2 aromatic heterocycles. The number of fused-ring (bicyclic) bond motifs is 1. The molecule has 1 saturated heterocycles. The second-order valence-corrected chi connectivity index (χ2v) is 8.26. The second kappa shape index (κ2) is 6.52. The number of hydrogen-bond acceptors (Lipinski definition) is 5. The summed E-state index contributed by atoms with van der Waals surface area (Å²) in [4.78, 5) is 11.4. The number of nitrogens with zero attached hydrogens (tertiary/aromatic N) is 4. The Bertz CT molecular complexity index is 863. The van der Waals surface area contributed by atoms with Gasteiger partial charge in [0.05, 0.1) is 24.2 Å². The van der Waals surface area contributed by atoms with Gasteiger partial charge in [0.1, 0.15) is 0 Å². The Hall–Kier alpha value is -2.18. The summed E-state index contributed by atoms with van der Waals surface area (Å²) < 4.78 is 2.07. The van der Waals surface area contributed by atoms with Crippen LogP contribution < -0.4 is 4.90 Å². The number of rotatable bonds is 3.